The Bertz CT molecular complexity index is 844. The van der Waals surface area contributed by atoms with Gasteiger partial charge in [0, 0.05) is 18.7 Å². The summed E-state index contributed by atoms with van der Waals surface area (Å²) >= 11 is 6.06. The minimum Gasteiger partial charge on any atom is -0.482 e. The number of amides is 2. The number of nitrogens with zero attached hydrogens (tertiary/aromatic N) is 1. The van der Waals surface area contributed by atoms with E-state index in [4.69, 9.17) is 16.3 Å². The summed E-state index contributed by atoms with van der Waals surface area (Å²) in [7, 11) is 0. The van der Waals surface area contributed by atoms with E-state index in [1.54, 1.807) is 49.4 Å². The SMILES string of the molecule is CC(C)CNC(=O)[C@@H](C)N(Cc1ccccc1F)C(=O)COc1ccccc1Cl. The Hall–Kier alpha value is -2.60. The van der Waals surface area contributed by atoms with Gasteiger partial charge in [-0.3, -0.25) is 9.59 Å². The van der Waals surface area contributed by atoms with Crippen LogP contribution in [0.2, 0.25) is 5.02 Å². The molecule has 0 aliphatic heterocycles. The molecule has 2 aromatic rings. The molecule has 29 heavy (non-hydrogen) atoms. The summed E-state index contributed by atoms with van der Waals surface area (Å²) in [6, 6.07) is 12.2. The summed E-state index contributed by atoms with van der Waals surface area (Å²) < 4.78 is 19.7. The Morgan fingerprint density at radius 1 is 1.10 bits per heavy atom. The van der Waals surface area contributed by atoms with E-state index in [1.807, 2.05) is 13.8 Å². The zero-order valence-electron chi connectivity index (χ0n) is 16.8. The van der Waals surface area contributed by atoms with Gasteiger partial charge >= 0.3 is 0 Å². The smallest absolute Gasteiger partial charge is 0.261 e. The fourth-order valence-electron chi connectivity index (χ4n) is 2.63. The highest BCUT2D eigenvalue weighted by atomic mass is 35.5. The van der Waals surface area contributed by atoms with Crippen molar-refractivity contribution in [1.82, 2.24) is 10.2 Å². The van der Waals surface area contributed by atoms with Crippen molar-refractivity contribution in [3.8, 4) is 5.75 Å². The molecule has 2 rings (SSSR count). The fraction of sp³-hybridized carbons (Fsp3) is 0.364. The van der Waals surface area contributed by atoms with E-state index >= 15 is 0 Å². The number of ether oxygens (including phenoxy) is 1. The number of carbonyl (C=O) groups is 2. The number of benzene rings is 2. The van der Waals surface area contributed by atoms with Crippen molar-refractivity contribution in [3.05, 3.63) is 64.9 Å². The normalized spacial score (nSPS) is 11.8. The van der Waals surface area contributed by atoms with Gasteiger partial charge in [-0.1, -0.05) is 55.8 Å². The minimum absolute atomic E-state index is 0.0480. The molecule has 1 atom stereocenters. The first-order chi connectivity index (χ1) is 13.8. The molecular formula is C22H26ClFN2O3. The third kappa shape index (κ3) is 6.75. The van der Waals surface area contributed by atoms with Crippen LogP contribution in [0.1, 0.15) is 26.3 Å². The van der Waals surface area contributed by atoms with Crippen LogP contribution in [0.3, 0.4) is 0 Å². The summed E-state index contributed by atoms with van der Waals surface area (Å²) in [5.41, 5.74) is 0.321. The van der Waals surface area contributed by atoms with Gasteiger partial charge in [0.05, 0.1) is 5.02 Å². The van der Waals surface area contributed by atoms with Gasteiger partial charge < -0.3 is 15.0 Å². The molecule has 5 nitrogen and oxygen atoms in total. The monoisotopic (exact) mass is 420 g/mol. The van der Waals surface area contributed by atoms with Crippen molar-refractivity contribution in [3.63, 3.8) is 0 Å². The van der Waals surface area contributed by atoms with Crippen molar-refractivity contribution in [1.29, 1.82) is 0 Å². The highest BCUT2D eigenvalue weighted by Gasteiger charge is 2.27. The number of rotatable bonds is 9. The fourth-order valence-corrected chi connectivity index (χ4v) is 2.82. The molecule has 0 spiro atoms. The summed E-state index contributed by atoms with van der Waals surface area (Å²) in [6.07, 6.45) is 0. The molecule has 0 saturated heterocycles. The van der Waals surface area contributed by atoms with Crippen LogP contribution in [0.25, 0.3) is 0 Å². The molecule has 2 amide bonds. The van der Waals surface area contributed by atoms with Crippen molar-refractivity contribution < 1.29 is 18.7 Å². The lowest BCUT2D eigenvalue weighted by molar-refractivity contribution is -0.142. The van der Waals surface area contributed by atoms with Crippen LogP contribution in [-0.2, 0) is 16.1 Å². The van der Waals surface area contributed by atoms with E-state index < -0.39 is 17.8 Å². The zero-order valence-corrected chi connectivity index (χ0v) is 17.6. The predicted octanol–water partition coefficient (Wildman–Crippen LogP) is 4.05. The second kappa shape index (κ2) is 10.8. The molecule has 0 fully saturated rings. The highest BCUT2D eigenvalue weighted by Crippen LogP contribution is 2.23. The van der Waals surface area contributed by atoms with Gasteiger partial charge in [-0.25, -0.2) is 4.39 Å². The number of para-hydroxylation sites is 1. The summed E-state index contributed by atoms with van der Waals surface area (Å²) in [4.78, 5) is 26.7. The van der Waals surface area contributed by atoms with E-state index in [0.717, 1.165) is 0 Å². The third-order valence-corrected chi connectivity index (χ3v) is 4.65. The van der Waals surface area contributed by atoms with Crippen LogP contribution < -0.4 is 10.1 Å². The molecule has 0 aliphatic rings. The first-order valence-electron chi connectivity index (χ1n) is 9.47. The van der Waals surface area contributed by atoms with Crippen LogP contribution in [0.5, 0.6) is 5.75 Å². The Morgan fingerprint density at radius 3 is 2.41 bits per heavy atom. The van der Waals surface area contributed by atoms with Crippen LogP contribution in [-0.4, -0.2) is 35.9 Å². The number of halogens is 2. The van der Waals surface area contributed by atoms with Crippen LogP contribution in [0, 0.1) is 11.7 Å². The summed E-state index contributed by atoms with van der Waals surface area (Å²) in [5, 5.41) is 3.19. The number of hydrogen-bond donors (Lipinski definition) is 1. The topological polar surface area (TPSA) is 58.6 Å². The molecule has 0 heterocycles. The lowest BCUT2D eigenvalue weighted by atomic mass is 10.1. The van der Waals surface area contributed by atoms with E-state index in [2.05, 4.69) is 5.32 Å². The maximum Gasteiger partial charge on any atom is 0.261 e. The van der Waals surface area contributed by atoms with Gasteiger partial charge in [-0.2, -0.15) is 0 Å². The molecule has 0 bridgehead atoms. The lowest BCUT2D eigenvalue weighted by Gasteiger charge is -2.29. The Balaban J connectivity index is 2.16. The molecule has 0 saturated carbocycles. The van der Waals surface area contributed by atoms with Crippen molar-refractivity contribution in [2.75, 3.05) is 13.2 Å². The standard InChI is InChI=1S/C22H26ClFN2O3/c1-15(2)12-25-22(28)16(3)26(13-17-8-4-6-10-19(17)24)21(27)14-29-20-11-7-5-9-18(20)23/h4-11,15-16H,12-14H2,1-3H3,(H,25,28)/t16-/m1/s1. The second-order valence-electron chi connectivity index (χ2n) is 7.15. The Labute approximate surface area is 175 Å². The quantitative estimate of drug-likeness (QED) is 0.665. The Morgan fingerprint density at radius 2 is 1.76 bits per heavy atom. The van der Waals surface area contributed by atoms with Crippen molar-refractivity contribution in [2.45, 2.75) is 33.4 Å². The summed E-state index contributed by atoms with van der Waals surface area (Å²) in [5.74, 6) is -0.552. The van der Waals surface area contributed by atoms with Gasteiger partial charge in [-0.05, 0) is 31.0 Å². The zero-order chi connectivity index (χ0) is 21.4. The predicted molar refractivity (Wildman–Crippen MR) is 111 cm³/mol. The van der Waals surface area contributed by atoms with Gasteiger partial charge in [0.1, 0.15) is 17.6 Å². The van der Waals surface area contributed by atoms with Crippen molar-refractivity contribution in [2.24, 2.45) is 5.92 Å². The maximum absolute atomic E-state index is 14.1. The molecule has 1 N–H and O–H groups in total. The largest absolute Gasteiger partial charge is 0.482 e. The molecule has 0 unspecified atom stereocenters. The molecule has 0 aromatic heterocycles. The van der Waals surface area contributed by atoms with Gasteiger partial charge in [0.2, 0.25) is 5.91 Å². The van der Waals surface area contributed by atoms with Crippen LogP contribution in [0.4, 0.5) is 4.39 Å². The number of hydrogen-bond acceptors (Lipinski definition) is 3. The van der Waals surface area contributed by atoms with Gasteiger partial charge in [0.25, 0.3) is 5.91 Å². The minimum atomic E-state index is -0.796. The van der Waals surface area contributed by atoms with E-state index in [9.17, 15) is 14.0 Å². The highest BCUT2D eigenvalue weighted by molar-refractivity contribution is 6.32. The average molecular weight is 421 g/mol. The number of carbonyl (C=O) groups excluding carboxylic acids is 2. The van der Waals surface area contributed by atoms with Crippen LogP contribution >= 0.6 is 11.6 Å². The first-order valence-corrected chi connectivity index (χ1v) is 9.85. The van der Waals surface area contributed by atoms with E-state index in [1.165, 1.54) is 11.0 Å². The van der Waals surface area contributed by atoms with Crippen molar-refractivity contribution >= 4 is 23.4 Å². The molecule has 2 aromatic carbocycles. The first kappa shape index (κ1) is 22.7. The second-order valence-corrected chi connectivity index (χ2v) is 7.55. The number of nitrogens with one attached hydrogen (secondary N) is 1. The van der Waals surface area contributed by atoms with Gasteiger partial charge in [-0.15, -0.1) is 0 Å². The lowest BCUT2D eigenvalue weighted by Crippen LogP contribution is -2.49. The Kier molecular flexibility index (Phi) is 8.46. The molecule has 0 aliphatic carbocycles. The molecule has 0 radical (unpaired) electrons. The third-order valence-electron chi connectivity index (χ3n) is 4.34. The van der Waals surface area contributed by atoms with E-state index in [-0.39, 0.29) is 25.0 Å². The van der Waals surface area contributed by atoms with Gasteiger partial charge in [0.15, 0.2) is 6.61 Å². The van der Waals surface area contributed by atoms with Crippen LogP contribution in [0.15, 0.2) is 48.5 Å². The molecular weight excluding hydrogens is 395 g/mol. The summed E-state index contributed by atoms with van der Waals surface area (Å²) in [6.45, 7) is 5.69. The van der Waals surface area contributed by atoms with E-state index in [0.29, 0.717) is 22.9 Å². The maximum atomic E-state index is 14.1. The average Bonchev–Trinajstić information content (AvgIpc) is 2.70. The molecule has 7 heteroatoms. The molecule has 156 valence electrons.